The molecule has 2 saturated heterocycles. The maximum absolute atomic E-state index is 12.3. The van der Waals surface area contributed by atoms with Gasteiger partial charge in [-0.1, -0.05) is 0 Å². The zero-order chi connectivity index (χ0) is 15.6. The van der Waals surface area contributed by atoms with E-state index in [1.54, 1.807) is 4.90 Å². The van der Waals surface area contributed by atoms with Gasteiger partial charge >= 0.3 is 5.97 Å². The second-order valence-electron chi connectivity index (χ2n) is 6.03. The van der Waals surface area contributed by atoms with E-state index in [0.717, 1.165) is 0 Å². The van der Waals surface area contributed by atoms with E-state index in [9.17, 15) is 19.5 Å². The van der Waals surface area contributed by atoms with Crippen LogP contribution in [0.5, 0.6) is 0 Å². The number of carbonyl (C=O) groups excluding carboxylic acids is 2. The molecule has 1 unspecified atom stereocenters. The van der Waals surface area contributed by atoms with Crippen LogP contribution in [0, 0.1) is 5.92 Å². The largest absolute Gasteiger partial charge is 0.480 e. The summed E-state index contributed by atoms with van der Waals surface area (Å²) in [5.74, 6) is -1.92. The number of aliphatic carboxylic acids is 1. The first-order chi connectivity index (χ1) is 9.85. The molecule has 2 aliphatic heterocycles. The van der Waals surface area contributed by atoms with Gasteiger partial charge in [0, 0.05) is 45.1 Å². The number of nitrogens with one attached hydrogen (secondary N) is 1. The SMILES string of the molecule is CC(C)N1CC(C(=O)NC2(C(=O)O)CCOCC2)CC1=O. The zero-order valence-electron chi connectivity index (χ0n) is 12.4. The molecular weight excluding hydrogens is 276 g/mol. The molecule has 2 fully saturated rings. The van der Waals surface area contributed by atoms with E-state index in [0.29, 0.717) is 19.8 Å². The number of hydrogen-bond acceptors (Lipinski definition) is 4. The van der Waals surface area contributed by atoms with Crippen molar-refractivity contribution in [1.29, 1.82) is 0 Å². The summed E-state index contributed by atoms with van der Waals surface area (Å²) in [7, 11) is 0. The molecule has 2 rings (SSSR count). The Hall–Kier alpha value is -1.63. The Balaban J connectivity index is 2.03. The molecule has 1 atom stereocenters. The fraction of sp³-hybridized carbons (Fsp3) is 0.786. The molecule has 2 heterocycles. The fourth-order valence-corrected chi connectivity index (χ4v) is 2.86. The second-order valence-corrected chi connectivity index (χ2v) is 6.03. The number of nitrogens with zero attached hydrogens (tertiary/aromatic N) is 1. The summed E-state index contributed by atoms with van der Waals surface area (Å²) in [5, 5.41) is 12.1. The number of hydrogen-bond donors (Lipinski definition) is 2. The highest BCUT2D eigenvalue weighted by atomic mass is 16.5. The fourth-order valence-electron chi connectivity index (χ4n) is 2.86. The van der Waals surface area contributed by atoms with Crippen LogP contribution in [0.1, 0.15) is 33.1 Å². The molecule has 0 aliphatic carbocycles. The van der Waals surface area contributed by atoms with Crippen molar-refractivity contribution >= 4 is 17.8 Å². The van der Waals surface area contributed by atoms with Crippen molar-refractivity contribution in [3.05, 3.63) is 0 Å². The first-order valence-corrected chi connectivity index (χ1v) is 7.28. The lowest BCUT2D eigenvalue weighted by Crippen LogP contribution is -2.58. The van der Waals surface area contributed by atoms with Crippen LogP contribution < -0.4 is 5.32 Å². The second kappa shape index (κ2) is 6.01. The molecule has 2 aliphatic rings. The van der Waals surface area contributed by atoms with Crippen LogP contribution >= 0.6 is 0 Å². The van der Waals surface area contributed by atoms with Gasteiger partial charge in [0.1, 0.15) is 5.54 Å². The minimum Gasteiger partial charge on any atom is -0.480 e. The van der Waals surface area contributed by atoms with Gasteiger partial charge in [-0.3, -0.25) is 9.59 Å². The predicted molar refractivity (Wildman–Crippen MR) is 73.5 cm³/mol. The van der Waals surface area contributed by atoms with Crippen LogP contribution in [0.4, 0.5) is 0 Å². The van der Waals surface area contributed by atoms with Crippen molar-refractivity contribution in [1.82, 2.24) is 10.2 Å². The van der Waals surface area contributed by atoms with Gasteiger partial charge in [0.05, 0.1) is 5.92 Å². The van der Waals surface area contributed by atoms with Gasteiger partial charge in [-0.25, -0.2) is 4.79 Å². The van der Waals surface area contributed by atoms with Crippen LogP contribution in [0.15, 0.2) is 0 Å². The van der Waals surface area contributed by atoms with Crippen LogP contribution in [0.3, 0.4) is 0 Å². The Morgan fingerprint density at radius 1 is 1.38 bits per heavy atom. The quantitative estimate of drug-likeness (QED) is 0.761. The lowest BCUT2D eigenvalue weighted by Gasteiger charge is -2.34. The first-order valence-electron chi connectivity index (χ1n) is 7.28. The van der Waals surface area contributed by atoms with E-state index in [1.807, 2.05) is 13.8 Å². The standard InChI is InChI=1S/C14H22N2O5/c1-9(2)16-8-10(7-11(16)17)12(18)15-14(13(19)20)3-5-21-6-4-14/h9-10H,3-8H2,1-2H3,(H,15,18)(H,19,20). The third-order valence-electron chi connectivity index (χ3n) is 4.27. The van der Waals surface area contributed by atoms with E-state index in [4.69, 9.17) is 4.74 Å². The van der Waals surface area contributed by atoms with Gasteiger partial charge in [-0.05, 0) is 13.8 Å². The zero-order valence-corrected chi connectivity index (χ0v) is 12.4. The van der Waals surface area contributed by atoms with Gasteiger partial charge in [-0.15, -0.1) is 0 Å². The molecule has 21 heavy (non-hydrogen) atoms. The summed E-state index contributed by atoms with van der Waals surface area (Å²) in [6.45, 7) is 4.78. The minimum atomic E-state index is -1.26. The number of carboxylic acid groups (broad SMARTS) is 1. The summed E-state index contributed by atoms with van der Waals surface area (Å²) in [4.78, 5) is 37.4. The molecule has 0 bridgehead atoms. The van der Waals surface area contributed by atoms with E-state index in [2.05, 4.69) is 5.32 Å². The predicted octanol–water partition coefficient (Wildman–Crippen LogP) is -0.00670. The number of ether oxygens (including phenoxy) is 1. The Morgan fingerprint density at radius 3 is 2.48 bits per heavy atom. The van der Waals surface area contributed by atoms with Crippen molar-refractivity contribution in [2.75, 3.05) is 19.8 Å². The summed E-state index contributed by atoms with van der Waals surface area (Å²) in [6, 6.07) is 0.0480. The molecule has 2 amide bonds. The molecular formula is C14H22N2O5. The maximum Gasteiger partial charge on any atom is 0.329 e. The molecule has 0 aromatic heterocycles. The molecule has 7 nitrogen and oxygen atoms in total. The lowest BCUT2D eigenvalue weighted by molar-refractivity contribution is -0.152. The molecule has 0 aromatic carbocycles. The van der Waals surface area contributed by atoms with Gasteiger partial charge in [0.25, 0.3) is 0 Å². The molecule has 0 radical (unpaired) electrons. The topological polar surface area (TPSA) is 95.9 Å². The number of carbonyl (C=O) groups is 3. The Bertz CT molecular complexity index is 443. The van der Waals surface area contributed by atoms with Crippen molar-refractivity contribution in [2.45, 2.75) is 44.7 Å². The van der Waals surface area contributed by atoms with E-state index in [-0.39, 0.29) is 37.1 Å². The molecule has 7 heteroatoms. The highest BCUT2D eigenvalue weighted by Gasteiger charge is 2.44. The number of rotatable bonds is 4. The summed E-state index contributed by atoms with van der Waals surface area (Å²) in [5.41, 5.74) is -1.26. The smallest absolute Gasteiger partial charge is 0.329 e. The van der Waals surface area contributed by atoms with Crippen molar-refractivity contribution in [3.8, 4) is 0 Å². The monoisotopic (exact) mass is 298 g/mol. The Labute approximate surface area is 123 Å². The first kappa shape index (κ1) is 15.8. The average Bonchev–Trinajstić information content (AvgIpc) is 2.82. The molecule has 0 saturated carbocycles. The summed E-state index contributed by atoms with van der Waals surface area (Å²) >= 11 is 0. The van der Waals surface area contributed by atoms with E-state index < -0.39 is 17.4 Å². The van der Waals surface area contributed by atoms with Crippen LogP contribution in [-0.4, -0.2) is 59.1 Å². The molecule has 0 aromatic rings. The Kier molecular flexibility index (Phi) is 4.51. The molecule has 0 spiro atoms. The lowest BCUT2D eigenvalue weighted by atomic mass is 9.89. The number of carboxylic acids is 1. The van der Waals surface area contributed by atoms with E-state index >= 15 is 0 Å². The average molecular weight is 298 g/mol. The normalized spacial score (nSPS) is 25.2. The van der Waals surface area contributed by atoms with Crippen molar-refractivity contribution < 1.29 is 24.2 Å². The van der Waals surface area contributed by atoms with Crippen LogP contribution in [0.2, 0.25) is 0 Å². The van der Waals surface area contributed by atoms with E-state index in [1.165, 1.54) is 0 Å². The summed E-state index contributed by atoms with van der Waals surface area (Å²) in [6.07, 6.45) is 0.654. The minimum absolute atomic E-state index is 0.0480. The Morgan fingerprint density at radius 2 is 2.00 bits per heavy atom. The van der Waals surface area contributed by atoms with Gasteiger partial charge in [0.2, 0.25) is 11.8 Å². The van der Waals surface area contributed by atoms with Crippen molar-refractivity contribution in [2.24, 2.45) is 5.92 Å². The van der Waals surface area contributed by atoms with Crippen molar-refractivity contribution in [3.63, 3.8) is 0 Å². The highest BCUT2D eigenvalue weighted by Crippen LogP contribution is 2.25. The van der Waals surface area contributed by atoms with Gasteiger partial charge in [-0.2, -0.15) is 0 Å². The number of likely N-dealkylation sites (tertiary alicyclic amines) is 1. The van der Waals surface area contributed by atoms with Gasteiger partial charge < -0.3 is 20.1 Å². The molecule has 118 valence electrons. The summed E-state index contributed by atoms with van der Waals surface area (Å²) < 4.78 is 5.17. The van der Waals surface area contributed by atoms with Crippen LogP contribution in [-0.2, 0) is 19.1 Å². The highest BCUT2D eigenvalue weighted by molar-refractivity contribution is 5.92. The molecule has 2 N–H and O–H groups in total. The maximum atomic E-state index is 12.3. The third-order valence-corrected chi connectivity index (χ3v) is 4.27. The van der Waals surface area contributed by atoms with Gasteiger partial charge in [0.15, 0.2) is 0 Å². The van der Waals surface area contributed by atoms with Crippen LogP contribution in [0.25, 0.3) is 0 Å². The number of amides is 2. The third kappa shape index (κ3) is 3.18.